The molecule has 0 fully saturated rings. The molecule has 3 heteroatoms. The Kier molecular flexibility index (Phi) is 1.80. The van der Waals surface area contributed by atoms with E-state index in [9.17, 15) is 9.59 Å². The number of benzene rings is 2. The number of carbonyl (C=O) groups is 2. The number of carbonyl (C=O) groups excluding carboxylic acids is 2. The van der Waals surface area contributed by atoms with Crippen LogP contribution in [-0.2, 0) is 4.79 Å². The van der Waals surface area contributed by atoms with Crippen LogP contribution in [0.2, 0.25) is 0 Å². The first kappa shape index (κ1) is 9.09. The van der Waals surface area contributed by atoms with Crippen LogP contribution in [0.1, 0.15) is 16.8 Å². The molecule has 0 aromatic heterocycles. The van der Waals surface area contributed by atoms with Crippen molar-refractivity contribution in [1.82, 2.24) is 0 Å². The van der Waals surface area contributed by atoms with E-state index in [4.69, 9.17) is 0 Å². The van der Waals surface area contributed by atoms with Crippen molar-refractivity contribution in [3.8, 4) is 0 Å². The summed E-state index contributed by atoms with van der Waals surface area (Å²) in [5.74, 6) is -0.335. The van der Waals surface area contributed by atoms with Crippen LogP contribution >= 0.6 is 0 Å². The molecule has 3 nitrogen and oxygen atoms in total. The van der Waals surface area contributed by atoms with Crippen molar-refractivity contribution in [3.63, 3.8) is 0 Å². The third-order valence-corrected chi connectivity index (χ3v) is 2.81. The normalized spacial score (nSPS) is 14.8. The van der Waals surface area contributed by atoms with Gasteiger partial charge in [0, 0.05) is 10.9 Å². The first-order valence-corrected chi connectivity index (χ1v) is 5.10. The number of amides is 1. The molecule has 0 spiro atoms. The van der Waals surface area contributed by atoms with E-state index in [0.717, 1.165) is 10.8 Å². The molecule has 0 saturated carbocycles. The number of anilines is 1. The van der Waals surface area contributed by atoms with Crippen LogP contribution in [0.25, 0.3) is 10.8 Å². The van der Waals surface area contributed by atoms with Gasteiger partial charge in [0.2, 0.25) is 5.91 Å². The SMILES string of the molecule is O=C1CC(=O)c2ccc3ccccc3c2N1. The molecule has 1 aliphatic rings. The van der Waals surface area contributed by atoms with E-state index in [1.165, 1.54) is 0 Å². The minimum absolute atomic E-state index is 0.0503. The molecule has 0 radical (unpaired) electrons. The molecule has 2 aromatic carbocycles. The molecule has 0 unspecified atom stereocenters. The Morgan fingerprint density at radius 3 is 2.69 bits per heavy atom. The predicted molar refractivity (Wildman–Crippen MR) is 61.5 cm³/mol. The van der Waals surface area contributed by atoms with E-state index in [2.05, 4.69) is 5.32 Å². The fraction of sp³-hybridized carbons (Fsp3) is 0.0769. The zero-order valence-electron chi connectivity index (χ0n) is 8.49. The van der Waals surface area contributed by atoms with Crippen LogP contribution in [0.5, 0.6) is 0 Å². The second-order valence-corrected chi connectivity index (χ2v) is 3.86. The lowest BCUT2D eigenvalue weighted by molar-refractivity contribution is -0.115. The average Bonchev–Trinajstić information content (AvgIpc) is 2.28. The van der Waals surface area contributed by atoms with E-state index in [1.807, 2.05) is 30.3 Å². The summed E-state index contributed by atoms with van der Waals surface area (Å²) in [6.07, 6.45) is -0.0503. The second kappa shape index (κ2) is 3.17. The maximum atomic E-state index is 11.7. The molecule has 0 atom stereocenters. The fourth-order valence-corrected chi connectivity index (χ4v) is 2.06. The van der Waals surface area contributed by atoms with Gasteiger partial charge in [-0.1, -0.05) is 30.3 Å². The highest BCUT2D eigenvalue weighted by Gasteiger charge is 2.23. The van der Waals surface area contributed by atoms with Crippen molar-refractivity contribution in [3.05, 3.63) is 42.0 Å². The first-order valence-electron chi connectivity index (χ1n) is 5.10. The van der Waals surface area contributed by atoms with Gasteiger partial charge >= 0.3 is 0 Å². The summed E-state index contributed by atoms with van der Waals surface area (Å²) in [7, 11) is 0. The Morgan fingerprint density at radius 2 is 1.81 bits per heavy atom. The number of nitrogens with one attached hydrogen (secondary N) is 1. The minimum atomic E-state index is -0.228. The summed E-state index contributed by atoms with van der Waals surface area (Å²) >= 11 is 0. The van der Waals surface area contributed by atoms with Gasteiger partial charge in [-0.3, -0.25) is 9.59 Å². The predicted octanol–water partition coefficient (Wildman–Crippen LogP) is 2.36. The molecular formula is C13H9NO2. The minimum Gasteiger partial charge on any atom is -0.324 e. The Hall–Kier alpha value is -2.16. The van der Waals surface area contributed by atoms with Crippen molar-refractivity contribution in [2.24, 2.45) is 0 Å². The van der Waals surface area contributed by atoms with Gasteiger partial charge in [0.05, 0.1) is 12.1 Å². The van der Waals surface area contributed by atoms with Crippen LogP contribution in [0.4, 0.5) is 5.69 Å². The molecule has 3 rings (SSSR count). The largest absolute Gasteiger partial charge is 0.324 e. The van der Waals surface area contributed by atoms with Crippen molar-refractivity contribution in [2.45, 2.75) is 6.42 Å². The molecule has 0 aliphatic carbocycles. The van der Waals surface area contributed by atoms with E-state index < -0.39 is 0 Å². The van der Waals surface area contributed by atoms with Crippen LogP contribution in [-0.4, -0.2) is 11.7 Å². The molecule has 0 saturated heterocycles. The summed E-state index contributed by atoms with van der Waals surface area (Å²) in [6, 6.07) is 11.4. The summed E-state index contributed by atoms with van der Waals surface area (Å²) in [5.41, 5.74) is 1.26. The summed E-state index contributed by atoms with van der Waals surface area (Å²) in [5, 5.41) is 4.72. The monoisotopic (exact) mass is 211 g/mol. The summed E-state index contributed by atoms with van der Waals surface area (Å²) in [4.78, 5) is 23.0. The van der Waals surface area contributed by atoms with Gasteiger partial charge in [-0.15, -0.1) is 0 Å². The highest BCUT2D eigenvalue weighted by Crippen LogP contribution is 2.30. The molecule has 16 heavy (non-hydrogen) atoms. The third kappa shape index (κ3) is 1.21. The summed E-state index contributed by atoms with van der Waals surface area (Å²) in [6.45, 7) is 0. The second-order valence-electron chi connectivity index (χ2n) is 3.86. The van der Waals surface area contributed by atoms with Gasteiger partial charge in [-0.05, 0) is 11.5 Å². The average molecular weight is 211 g/mol. The first-order chi connectivity index (χ1) is 7.75. The van der Waals surface area contributed by atoms with Crippen LogP contribution < -0.4 is 5.32 Å². The van der Waals surface area contributed by atoms with Crippen LogP contribution in [0.3, 0.4) is 0 Å². The lowest BCUT2D eigenvalue weighted by Crippen LogP contribution is -2.24. The lowest BCUT2D eigenvalue weighted by atomic mass is 9.96. The highest BCUT2D eigenvalue weighted by molar-refractivity contribution is 6.23. The van der Waals surface area contributed by atoms with E-state index in [1.54, 1.807) is 6.07 Å². The number of rotatable bonds is 0. The Labute approximate surface area is 92.1 Å². The molecule has 78 valence electrons. The molecule has 0 bridgehead atoms. The van der Waals surface area contributed by atoms with Crippen molar-refractivity contribution in [2.75, 3.05) is 5.32 Å². The zero-order chi connectivity index (χ0) is 11.1. The fourth-order valence-electron chi connectivity index (χ4n) is 2.06. The lowest BCUT2D eigenvalue weighted by Gasteiger charge is -2.17. The number of hydrogen-bond acceptors (Lipinski definition) is 2. The van der Waals surface area contributed by atoms with E-state index in [0.29, 0.717) is 11.3 Å². The van der Waals surface area contributed by atoms with Crippen molar-refractivity contribution < 1.29 is 9.59 Å². The molecule has 1 heterocycles. The number of hydrogen-bond donors (Lipinski definition) is 1. The molecular weight excluding hydrogens is 202 g/mol. The zero-order valence-corrected chi connectivity index (χ0v) is 8.49. The number of fused-ring (bicyclic) bond motifs is 3. The van der Waals surface area contributed by atoms with Gasteiger partial charge in [-0.2, -0.15) is 0 Å². The third-order valence-electron chi connectivity index (χ3n) is 2.81. The van der Waals surface area contributed by atoms with Crippen LogP contribution in [0.15, 0.2) is 36.4 Å². The molecule has 1 aliphatic heterocycles. The van der Waals surface area contributed by atoms with Crippen LogP contribution in [0, 0.1) is 0 Å². The Morgan fingerprint density at radius 1 is 1.00 bits per heavy atom. The van der Waals surface area contributed by atoms with Crippen molar-refractivity contribution >= 4 is 28.2 Å². The molecule has 1 N–H and O–H groups in total. The molecule has 2 aromatic rings. The standard InChI is InChI=1S/C13H9NO2/c15-11-7-12(16)14-13-9-4-2-1-3-8(9)5-6-10(11)13/h1-6H,7H2,(H,14,16). The summed E-state index contributed by atoms with van der Waals surface area (Å²) < 4.78 is 0. The van der Waals surface area contributed by atoms with E-state index in [-0.39, 0.29) is 18.1 Å². The quantitative estimate of drug-likeness (QED) is 0.680. The number of Topliss-reactive ketones (excluding diaryl/α,β-unsaturated/α-hetero) is 1. The Balaban J connectivity index is 2.37. The maximum absolute atomic E-state index is 11.7. The van der Waals surface area contributed by atoms with Gasteiger partial charge in [-0.25, -0.2) is 0 Å². The number of ketones is 1. The van der Waals surface area contributed by atoms with Gasteiger partial charge in [0.1, 0.15) is 0 Å². The smallest absolute Gasteiger partial charge is 0.232 e. The van der Waals surface area contributed by atoms with Gasteiger partial charge in [0.25, 0.3) is 0 Å². The maximum Gasteiger partial charge on any atom is 0.232 e. The van der Waals surface area contributed by atoms with Crippen molar-refractivity contribution in [1.29, 1.82) is 0 Å². The highest BCUT2D eigenvalue weighted by atomic mass is 16.2. The molecule has 1 amide bonds. The van der Waals surface area contributed by atoms with E-state index >= 15 is 0 Å². The van der Waals surface area contributed by atoms with Gasteiger partial charge < -0.3 is 5.32 Å². The topological polar surface area (TPSA) is 46.2 Å². The Bertz CT molecular complexity index is 616. The van der Waals surface area contributed by atoms with Gasteiger partial charge in [0.15, 0.2) is 5.78 Å².